The number of aryl methyl sites for hydroxylation is 1. The molecule has 0 N–H and O–H groups in total. The van der Waals surface area contributed by atoms with Crippen molar-refractivity contribution >= 4 is 11.5 Å². The number of ketones is 1. The van der Waals surface area contributed by atoms with Crippen molar-refractivity contribution in [1.82, 2.24) is 0 Å². The van der Waals surface area contributed by atoms with E-state index in [0.29, 0.717) is 17.7 Å². The van der Waals surface area contributed by atoms with Gasteiger partial charge in [-0.25, -0.2) is 4.39 Å². The van der Waals surface area contributed by atoms with E-state index in [2.05, 4.69) is 4.90 Å². The van der Waals surface area contributed by atoms with Crippen LogP contribution in [0, 0.1) is 12.7 Å². The van der Waals surface area contributed by atoms with Crippen molar-refractivity contribution in [2.45, 2.75) is 20.3 Å². The summed E-state index contributed by atoms with van der Waals surface area (Å²) in [7, 11) is 0. The van der Waals surface area contributed by atoms with E-state index in [-0.39, 0.29) is 11.6 Å². The van der Waals surface area contributed by atoms with Crippen LogP contribution in [0.25, 0.3) is 0 Å². The van der Waals surface area contributed by atoms with Crippen LogP contribution in [0.5, 0.6) is 0 Å². The minimum absolute atomic E-state index is 0.103. The fourth-order valence-electron chi connectivity index (χ4n) is 2.20. The van der Waals surface area contributed by atoms with Crippen molar-refractivity contribution in [3.8, 4) is 0 Å². The largest absolute Gasteiger partial charge is 0.380 e. The smallest absolute Gasteiger partial charge is 0.161 e. The molecule has 1 saturated heterocycles. The van der Waals surface area contributed by atoms with Crippen LogP contribution in [0.1, 0.15) is 29.3 Å². The number of Topliss-reactive ketones (excluding diaryl/α,β-unsaturated/α-hetero) is 1. The average Bonchev–Trinajstić information content (AvgIpc) is 2.60. The maximum atomic E-state index is 13.6. The van der Waals surface area contributed by atoms with E-state index in [1.165, 1.54) is 13.0 Å². The van der Waals surface area contributed by atoms with Gasteiger partial charge in [0.05, 0.1) is 6.61 Å². The van der Waals surface area contributed by atoms with Crippen LogP contribution in [0.4, 0.5) is 10.1 Å². The second-order valence-electron chi connectivity index (χ2n) is 4.63. The molecule has 1 aromatic carbocycles. The predicted molar refractivity (Wildman–Crippen MR) is 68.8 cm³/mol. The second kappa shape index (κ2) is 5.48. The standard InChI is InChI=1S/C14H18FNO2/c1-10-8-14(12(11(2)17)9-13(10)15)16-4-3-6-18-7-5-16/h8-9H,3-7H2,1-2H3. The van der Waals surface area contributed by atoms with Crippen LogP contribution >= 0.6 is 0 Å². The molecule has 1 aliphatic heterocycles. The minimum Gasteiger partial charge on any atom is -0.380 e. The Hall–Kier alpha value is -1.42. The molecule has 3 nitrogen and oxygen atoms in total. The average molecular weight is 251 g/mol. The van der Waals surface area contributed by atoms with E-state index in [1.54, 1.807) is 13.0 Å². The van der Waals surface area contributed by atoms with Crippen molar-refractivity contribution in [1.29, 1.82) is 0 Å². The number of hydrogen-bond donors (Lipinski definition) is 0. The molecule has 1 heterocycles. The fraction of sp³-hybridized carbons (Fsp3) is 0.500. The summed E-state index contributed by atoms with van der Waals surface area (Å²) in [5.41, 5.74) is 1.85. The molecular formula is C14H18FNO2. The topological polar surface area (TPSA) is 29.5 Å². The number of rotatable bonds is 2. The molecule has 0 unspecified atom stereocenters. The van der Waals surface area contributed by atoms with E-state index in [9.17, 15) is 9.18 Å². The Morgan fingerprint density at radius 1 is 1.33 bits per heavy atom. The predicted octanol–water partition coefficient (Wildman–Crippen LogP) is 2.56. The van der Waals surface area contributed by atoms with Gasteiger partial charge in [0.2, 0.25) is 0 Å². The third-order valence-corrected chi connectivity index (χ3v) is 3.22. The number of halogens is 1. The maximum Gasteiger partial charge on any atom is 0.161 e. The van der Waals surface area contributed by atoms with Crippen molar-refractivity contribution in [2.24, 2.45) is 0 Å². The zero-order valence-corrected chi connectivity index (χ0v) is 10.8. The van der Waals surface area contributed by atoms with E-state index in [0.717, 1.165) is 31.8 Å². The van der Waals surface area contributed by atoms with E-state index in [4.69, 9.17) is 4.74 Å². The van der Waals surface area contributed by atoms with Crippen LogP contribution < -0.4 is 4.90 Å². The zero-order valence-electron chi connectivity index (χ0n) is 10.8. The summed E-state index contributed by atoms with van der Waals surface area (Å²) in [4.78, 5) is 13.7. The first-order valence-electron chi connectivity index (χ1n) is 6.23. The highest BCUT2D eigenvalue weighted by Crippen LogP contribution is 2.25. The summed E-state index contributed by atoms with van der Waals surface area (Å²) in [5.74, 6) is -0.427. The van der Waals surface area contributed by atoms with Gasteiger partial charge in [-0.05, 0) is 38.0 Å². The first-order chi connectivity index (χ1) is 8.59. The maximum absolute atomic E-state index is 13.6. The Kier molecular flexibility index (Phi) is 3.97. The van der Waals surface area contributed by atoms with Crippen molar-refractivity contribution < 1.29 is 13.9 Å². The molecule has 2 rings (SSSR count). The quantitative estimate of drug-likeness (QED) is 0.757. The van der Waals surface area contributed by atoms with Crippen LogP contribution in [-0.4, -0.2) is 32.1 Å². The second-order valence-corrected chi connectivity index (χ2v) is 4.63. The van der Waals surface area contributed by atoms with Crippen LogP contribution in [0.2, 0.25) is 0 Å². The number of nitrogens with zero attached hydrogens (tertiary/aromatic N) is 1. The molecule has 0 atom stereocenters. The van der Waals surface area contributed by atoms with E-state index < -0.39 is 0 Å². The molecular weight excluding hydrogens is 233 g/mol. The first kappa shape index (κ1) is 13.0. The first-order valence-corrected chi connectivity index (χ1v) is 6.23. The van der Waals surface area contributed by atoms with Gasteiger partial charge in [0.25, 0.3) is 0 Å². The monoisotopic (exact) mass is 251 g/mol. The molecule has 4 heteroatoms. The highest BCUT2D eigenvalue weighted by Gasteiger charge is 2.18. The van der Waals surface area contributed by atoms with Gasteiger partial charge in [0.15, 0.2) is 5.78 Å². The third kappa shape index (κ3) is 2.70. The fourth-order valence-corrected chi connectivity index (χ4v) is 2.20. The Labute approximate surface area is 107 Å². The number of benzene rings is 1. The zero-order chi connectivity index (χ0) is 13.1. The Bertz CT molecular complexity index is 451. The van der Waals surface area contributed by atoms with Crippen LogP contribution in [0.15, 0.2) is 12.1 Å². The molecule has 1 aromatic rings. The summed E-state index contributed by atoms with van der Waals surface area (Å²) in [6, 6.07) is 3.11. The summed E-state index contributed by atoms with van der Waals surface area (Å²) in [6.07, 6.45) is 0.924. The van der Waals surface area contributed by atoms with Crippen molar-refractivity contribution in [3.63, 3.8) is 0 Å². The molecule has 18 heavy (non-hydrogen) atoms. The SMILES string of the molecule is CC(=O)c1cc(F)c(C)cc1N1CCCOCC1. The van der Waals surface area contributed by atoms with Gasteiger partial charge in [0, 0.05) is 30.9 Å². The van der Waals surface area contributed by atoms with Crippen LogP contribution in [0.3, 0.4) is 0 Å². The molecule has 98 valence electrons. The third-order valence-electron chi connectivity index (χ3n) is 3.22. The van der Waals surface area contributed by atoms with Crippen molar-refractivity contribution in [3.05, 3.63) is 29.1 Å². The van der Waals surface area contributed by atoms with Gasteiger partial charge in [-0.3, -0.25) is 4.79 Å². The van der Waals surface area contributed by atoms with Crippen molar-refractivity contribution in [2.75, 3.05) is 31.2 Å². The van der Waals surface area contributed by atoms with Crippen LogP contribution in [-0.2, 0) is 4.74 Å². The lowest BCUT2D eigenvalue weighted by atomic mass is 10.0. The number of anilines is 1. The normalized spacial score (nSPS) is 16.5. The van der Waals surface area contributed by atoms with E-state index in [1.807, 2.05) is 0 Å². The van der Waals surface area contributed by atoms with Gasteiger partial charge in [-0.1, -0.05) is 0 Å². The molecule has 0 aliphatic carbocycles. The molecule has 0 aromatic heterocycles. The molecule has 1 fully saturated rings. The Morgan fingerprint density at radius 2 is 2.11 bits per heavy atom. The Balaban J connectivity index is 2.40. The summed E-state index contributed by atoms with van der Waals surface area (Å²) in [5, 5.41) is 0. The van der Waals surface area contributed by atoms with E-state index >= 15 is 0 Å². The molecule has 0 amide bonds. The van der Waals surface area contributed by atoms with Gasteiger partial charge in [-0.2, -0.15) is 0 Å². The number of carbonyl (C=O) groups excluding carboxylic acids is 1. The minimum atomic E-state index is -0.324. The molecule has 0 bridgehead atoms. The molecule has 1 aliphatic rings. The molecule has 0 spiro atoms. The lowest BCUT2D eigenvalue weighted by Gasteiger charge is -2.24. The Morgan fingerprint density at radius 3 is 2.83 bits per heavy atom. The lowest BCUT2D eigenvalue weighted by Crippen LogP contribution is -2.27. The number of hydrogen-bond acceptors (Lipinski definition) is 3. The van der Waals surface area contributed by atoms with Gasteiger partial charge in [-0.15, -0.1) is 0 Å². The van der Waals surface area contributed by atoms with Gasteiger partial charge < -0.3 is 9.64 Å². The summed E-state index contributed by atoms with van der Waals surface area (Å²) in [6.45, 7) is 6.16. The highest BCUT2D eigenvalue weighted by atomic mass is 19.1. The number of carbonyl (C=O) groups is 1. The summed E-state index contributed by atoms with van der Waals surface area (Å²) < 4.78 is 19.0. The number of ether oxygens (including phenoxy) is 1. The highest BCUT2D eigenvalue weighted by molar-refractivity contribution is 5.99. The molecule has 0 radical (unpaired) electrons. The molecule has 0 saturated carbocycles. The van der Waals surface area contributed by atoms with Gasteiger partial charge in [0.1, 0.15) is 5.82 Å². The summed E-state index contributed by atoms with van der Waals surface area (Å²) >= 11 is 0. The lowest BCUT2D eigenvalue weighted by molar-refractivity contribution is 0.101. The van der Waals surface area contributed by atoms with Gasteiger partial charge >= 0.3 is 0 Å².